The number of hydrogen-bond acceptors (Lipinski definition) is 5. The predicted molar refractivity (Wildman–Crippen MR) is 78.5 cm³/mol. The van der Waals surface area contributed by atoms with E-state index in [9.17, 15) is 13.2 Å². The van der Waals surface area contributed by atoms with Gasteiger partial charge in [0.15, 0.2) is 0 Å². The molecule has 1 rings (SSSR count). The molecular formula is C13H20N2O5S. The normalized spacial score (nSPS) is 13.3. The second kappa shape index (κ2) is 6.88. The van der Waals surface area contributed by atoms with Gasteiger partial charge in [-0.2, -0.15) is 0 Å². The third-order valence-corrected chi connectivity index (χ3v) is 4.61. The lowest BCUT2D eigenvalue weighted by Crippen LogP contribution is -2.39. The van der Waals surface area contributed by atoms with Crippen molar-refractivity contribution in [1.82, 2.24) is 4.72 Å². The number of benzene rings is 1. The van der Waals surface area contributed by atoms with Crippen LogP contribution < -0.4 is 10.5 Å². The number of rotatable bonds is 7. The number of carboxylic acids is 1. The van der Waals surface area contributed by atoms with Gasteiger partial charge in [-0.15, -0.1) is 0 Å². The van der Waals surface area contributed by atoms with Gasteiger partial charge in [-0.05, 0) is 30.5 Å². The van der Waals surface area contributed by atoms with E-state index in [4.69, 9.17) is 15.9 Å². The summed E-state index contributed by atoms with van der Waals surface area (Å²) in [5.74, 6) is -1.40. The summed E-state index contributed by atoms with van der Waals surface area (Å²) in [6.07, 6.45) is 0.238. The van der Waals surface area contributed by atoms with Gasteiger partial charge in [-0.3, -0.25) is 0 Å². The van der Waals surface area contributed by atoms with Gasteiger partial charge >= 0.3 is 5.97 Å². The lowest BCUT2D eigenvalue weighted by Gasteiger charge is -2.22. The van der Waals surface area contributed by atoms with Crippen molar-refractivity contribution in [2.24, 2.45) is 5.92 Å². The molecule has 0 saturated heterocycles. The number of nitrogens with two attached hydrogens (primary N) is 1. The molecule has 0 aromatic heterocycles. The predicted octanol–water partition coefficient (Wildman–Crippen LogP) is 0.652. The molecule has 0 saturated carbocycles. The highest BCUT2D eigenvalue weighted by molar-refractivity contribution is 7.89. The van der Waals surface area contributed by atoms with E-state index >= 15 is 0 Å². The zero-order valence-corrected chi connectivity index (χ0v) is 12.7. The van der Waals surface area contributed by atoms with Crippen molar-refractivity contribution in [3.63, 3.8) is 0 Å². The summed E-state index contributed by atoms with van der Waals surface area (Å²) in [5.41, 5.74) is 5.36. The van der Waals surface area contributed by atoms with Crippen molar-refractivity contribution in [2.45, 2.75) is 31.2 Å². The first kappa shape index (κ1) is 17.4. The summed E-state index contributed by atoms with van der Waals surface area (Å²) < 4.78 is 27.2. The Morgan fingerprint density at radius 2 is 2.00 bits per heavy atom. The van der Waals surface area contributed by atoms with Crippen molar-refractivity contribution in [2.75, 3.05) is 12.3 Å². The van der Waals surface area contributed by atoms with E-state index in [1.54, 1.807) is 13.8 Å². The number of aliphatic hydroxyl groups excluding tert-OH is 1. The minimum atomic E-state index is -4.05. The Morgan fingerprint density at radius 1 is 1.38 bits per heavy atom. The molecule has 21 heavy (non-hydrogen) atoms. The molecule has 0 radical (unpaired) electrons. The Hall–Kier alpha value is -1.64. The largest absolute Gasteiger partial charge is 0.478 e. The minimum Gasteiger partial charge on any atom is -0.478 e. The van der Waals surface area contributed by atoms with Gasteiger partial charge < -0.3 is 15.9 Å². The number of carbonyl (C=O) groups is 1. The van der Waals surface area contributed by atoms with Crippen LogP contribution in [0.15, 0.2) is 23.1 Å². The lowest BCUT2D eigenvalue weighted by atomic mass is 10.0. The molecule has 1 atom stereocenters. The van der Waals surface area contributed by atoms with Crippen molar-refractivity contribution in [1.29, 1.82) is 0 Å². The highest BCUT2D eigenvalue weighted by atomic mass is 32.2. The third kappa shape index (κ3) is 4.42. The smallest absolute Gasteiger partial charge is 0.337 e. The Kier molecular flexibility index (Phi) is 5.70. The Labute approximate surface area is 123 Å². The van der Waals surface area contributed by atoms with Gasteiger partial charge in [0, 0.05) is 18.3 Å². The first-order chi connectivity index (χ1) is 9.69. The molecule has 0 fully saturated rings. The number of aromatic carboxylic acids is 1. The van der Waals surface area contributed by atoms with Crippen LogP contribution in [0, 0.1) is 5.92 Å². The molecule has 0 spiro atoms. The summed E-state index contributed by atoms with van der Waals surface area (Å²) in [4.78, 5) is 10.8. The quantitative estimate of drug-likeness (QED) is 0.547. The molecule has 0 amide bonds. The number of hydrogen-bond donors (Lipinski definition) is 4. The van der Waals surface area contributed by atoms with Gasteiger partial charge in [0.1, 0.15) is 0 Å². The lowest BCUT2D eigenvalue weighted by molar-refractivity contribution is 0.0692. The van der Waals surface area contributed by atoms with Crippen molar-refractivity contribution in [3.8, 4) is 0 Å². The number of nitrogens with one attached hydrogen (secondary N) is 1. The SMILES string of the molecule is CC(C)C(CCO)NS(=O)(=O)c1cc(N)ccc1C(=O)O. The molecule has 7 nitrogen and oxygen atoms in total. The maximum atomic E-state index is 12.4. The van der Waals surface area contributed by atoms with Crippen LogP contribution in [0.4, 0.5) is 5.69 Å². The van der Waals surface area contributed by atoms with Crippen molar-refractivity contribution >= 4 is 21.7 Å². The van der Waals surface area contributed by atoms with Crippen LogP contribution in [0.25, 0.3) is 0 Å². The average Bonchev–Trinajstić information content (AvgIpc) is 2.37. The highest BCUT2D eigenvalue weighted by Gasteiger charge is 2.26. The van der Waals surface area contributed by atoms with Crippen LogP contribution in [0.2, 0.25) is 0 Å². The molecule has 0 heterocycles. The monoisotopic (exact) mass is 316 g/mol. The summed E-state index contributed by atoms with van der Waals surface area (Å²) in [6.45, 7) is 3.44. The van der Waals surface area contributed by atoms with Gasteiger partial charge in [0.2, 0.25) is 10.0 Å². The number of nitrogen functional groups attached to an aromatic ring is 1. The highest BCUT2D eigenvalue weighted by Crippen LogP contribution is 2.21. The van der Waals surface area contributed by atoms with E-state index in [0.29, 0.717) is 0 Å². The van der Waals surface area contributed by atoms with Crippen molar-refractivity contribution < 1.29 is 23.4 Å². The van der Waals surface area contributed by atoms with E-state index < -0.39 is 22.0 Å². The molecule has 1 unspecified atom stereocenters. The van der Waals surface area contributed by atoms with Gasteiger partial charge in [0.25, 0.3) is 0 Å². The van der Waals surface area contributed by atoms with Gasteiger partial charge in [0.05, 0.1) is 10.5 Å². The standard InChI is InChI=1S/C13H20N2O5S/c1-8(2)11(5-6-16)15-21(19,20)12-7-9(14)3-4-10(12)13(17)18/h3-4,7-8,11,15-16H,5-6,14H2,1-2H3,(H,17,18). The van der Waals surface area contributed by atoms with Crippen LogP contribution >= 0.6 is 0 Å². The molecule has 1 aromatic carbocycles. The van der Waals surface area contributed by atoms with Crippen LogP contribution in [0.5, 0.6) is 0 Å². The van der Waals surface area contributed by atoms with E-state index in [0.717, 1.165) is 12.1 Å². The van der Waals surface area contributed by atoms with Crippen LogP contribution in [-0.2, 0) is 10.0 Å². The second-order valence-corrected chi connectivity index (χ2v) is 6.73. The summed E-state index contributed by atoms with van der Waals surface area (Å²) in [6, 6.07) is 3.10. The summed E-state index contributed by atoms with van der Waals surface area (Å²) in [7, 11) is -4.05. The van der Waals surface area contributed by atoms with Crippen molar-refractivity contribution in [3.05, 3.63) is 23.8 Å². The van der Waals surface area contributed by atoms with Crippen LogP contribution in [0.1, 0.15) is 30.6 Å². The molecule has 0 aliphatic carbocycles. The fourth-order valence-electron chi connectivity index (χ4n) is 1.87. The van der Waals surface area contributed by atoms with E-state index in [2.05, 4.69) is 4.72 Å². The minimum absolute atomic E-state index is 0.0544. The number of anilines is 1. The number of sulfonamides is 1. The van der Waals surface area contributed by atoms with Crippen LogP contribution in [0.3, 0.4) is 0 Å². The second-order valence-electron chi connectivity index (χ2n) is 5.04. The molecule has 0 aliphatic heterocycles. The maximum Gasteiger partial charge on any atom is 0.337 e. The third-order valence-electron chi connectivity index (χ3n) is 3.08. The Bertz CT molecular complexity index is 613. The molecule has 1 aromatic rings. The zero-order chi connectivity index (χ0) is 16.2. The zero-order valence-electron chi connectivity index (χ0n) is 11.9. The number of aliphatic hydroxyl groups is 1. The fraction of sp³-hybridized carbons (Fsp3) is 0.462. The van der Waals surface area contributed by atoms with Gasteiger partial charge in [-0.1, -0.05) is 13.8 Å². The van der Waals surface area contributed by atoms with E-state index in [1.165, 1.54) is 6.07 Å². The van der Waals surface area contributed by atoms with E-state index in [-0.39, 0.29) is 35.1 Å². The first-order valence-corrected chi connectivity index (χ1v) is 7.93. The molecule has 0 aliphatic rings. The molecule has 8 heteroatoms. The Balaban J connectivity index is 3.24. The molecule has 118 valence electrons. The maximum absolute atomic E-state index is 12.4. The molecule has 5 N–H and O–H groups in total. The summed E-state index contributed by atoms with van der Waals surface area (Å²) in [5, 5.41) is 18.1. The fourth-order valence-corrected chi connectivity index (χ4v) is 3.52. The van der Waals surface area contributed by atoms with E-state index in [1.807, 2.05) is 0 Å². The number of carboxylic acid groups (broad SMARTS) is 1. The molecule has 0 bridgehead atoms. The summed E-state index contributed by atoms with van der Waals surface area (Å²) >= 11 is 0. The topological polar surface area (TPSA) is 130 Å². The van der Waals surface area contributed by atoms with Gasteiger partial charge in [-0.25, -0.2) is 17.9 Å². The Morgan fingerprint density at radius 3 is 2.48 bits per heavy atom. The average molecular weight is 316 g/mol. The van der Waals surface area contributed by atoms with Crippen LogP contribution in [-0.4, -0.2) is 37.2 Å². The molecular weight excluding hydrogens is 296 g/mol. The first-order valence-electron chi connectivity index (χ1n) is 6.45.